The molecule has 2 fully saturated rings. The molecular formula is C13H24N2O3. The highest BCUT2D eigenvalue weighted by atomic mass is 16.5. The van der Waals surface area contributed by atoms with Gasteiger partial charge in [0.15, 0.2) is 0 Å². The third-order valence-corrected chi connectivity index (χ3v) is 3.96. The summed E-state index contributed by atoms with van der Waals surface area (Å²) in [6.45, 7) is 2.77. The van der Waals surface area contributed by atoms with Gasteiger partial charge in [0.25, 0.3) is 0 Å². The lowest BCUT2D eigenvalue weighted by Crippen LogP contribution is -2.50. The lowest BCUT2D eigenvalue weighted by Gasteiger charge is -2.27. The minimum atomic E-state index is -0.319. The van der Waals surface area contributed by atoms with Gasteiger partial charge in [0.2, 0.25) is 5.91 Å². The lowest BCUT2D eigenvalue weighted by molar-refractivity contribution is -0.124. The van der Waals surface area contributed by atoms with Gasteiger partial charge in [-0.25, -0.2) is 0 Å². The molecule has 0 aliphatic carbocycles. The maximum atomic E-state index is 12.1. The van der Waals surface area contributed by atoms with E-state index < -0.39 is 0 Å². The van der Waals surface area contributed by atoms with E-state index in [1.54, 1.807) is 7.11 Å². The fourth-order valence-electron chi connectivity index (χ4n) is 2.58. The third-order valence-electron chi connectivity index (χ3n) is 3.96. The van der Waals surface area contributed by atoms with Crippen molar-refractivity contribution in [2.75, 3.05) is 33.4 Å². The third kappa shape index (κ3) is 3.43. The van der Waals surface area contributed by atoms with E-state index in [0.29, 0.717) is 19.8 Å². The standard InChI is InChI=1S/C13H24N2O3/c1-17-13(6-8-18-10-13)9-15-12(16)11-5-3-2-4-7-14-11/h11,14H,2-10H2,1H3,(H,15,16). The molecule has 5 nitrogen and oxygen atoms in total. The zero-order valence-corrected chi connectivity index (χ0v) is 11.2. The minimum Gasteiger partial charge on any atom is -0.378 e. The predicted octanol–water partition coefficient (Wildman–Crippen LogP) is 0.440. The van der Waals surface area contributed by atoms with E-state index in [0.717, 1.165) is 25.8 Å². The Morgan fingerprint density at radius 2 is 2.39 bits per heavy atom. The van der Waals surface area contributed by atoms with Gasteiger partial charge < -0.3 is 20.1 Å². The quantitative estimate of drug-likeness (QED) is 0.766. The van der Waals surface area contributed by atoms with Crippen molar-refractivity contribution < 1.29 is 14.3 Å². The van der Waals surface area contributed by atoms with Crippen molar-refractivity contribution in [3.05, 3.63) is 0 Å². The lowest BCUT2D eigenvalue weighted by atomic mass is 10.0. The Bertz CT molecular complexity index is 269. The number of rotatable bonds is 4. The highest BCUT2D eigenvalue weighted by molar-refractivity contribution is 5.81. The van der Waals surface area contributed by atoms with E-state index in [1.165, 1.54) is 12.8 Å². The molecule has 0 aromatic rings. The zero-order chi connectivity index (χ0) is 12.8. The molecule has 2 N–H and O–H groups in total. The molecule has 2 unspecified atom stereocenters. The van der Waals surface area contributed by atoms with Gasteiger partial charge in [-0.15, -0.1) is 0 Å². The Morgan fingerprint density at radius 3 is 3.11 bits per heavy atom. The molecule has 2 atom stereocenters. The smallest absolute Gasteiger partial charge is 0.237 e. The molecule has 2 aliphatic rings. The fraction of sp³-hybridized carbons (Fsp3) is 0.923. The maximum Gasteiger partial charge on any atom is 0.237 e. The molecule has 2 saturated heterocycles. The molecule has 0 bridgehead atoms. The van der Waals surface area contributed by atoms with E-state index in [9.17, 15) is 4.79 Å². The van der Waals surface area contributed by atoms with Crippen LogP contribution in [0.15, 0.2) is 0 Å². The first kappa shape index (κ1) is 13.8. The van der Waals surface area contributed by atoms with Crippen LogP contribution in [-0.4, -0.2) is 51.0 Å². The number of ether oxygens (including phenoxy) is 2. The summed E-state index contributed by atoms with van der Waals surface area (Å²) in [6, 6.07) is -0.0382. The zero-order valence-electron chi connectivity index (χ0n) is 11.2. The summed E-state index contributed by atoms with van der Waals surface area (Å²) < 4.78 is 10.9. The number of carbonyl (C=O) groups excluding carboxylic acids is 1. The largest absolute Gasteiger partial charge is 0.378 e. The summed E-state index contributed by atoms with van der Waals surface area (Å²) in [5, 5.41) is 6.31. The van der Waals surface area contributed by atoms with Crippen LogP contribution in [0.5, 0.6) is 0 Å². The Morgan fingerprint density at radius 1 is 1.50 bits per heavy atom. The normalized spacial score (nSPS) is 33.1. The van der Waals surface area contributed by atoms with Crippen molar-refractivity contribution in [3.8, 4) is 0 Å². The summed E-state index contributed by atoms with van der Waals surface area (Å²) in [5.41, 5.74) is -0.319. The van der Waals surface area contributed by atoms with Crippen LogP contribution in [0.25, 0.3) is 0 Å². The SMILES string of the molecule is COC1(CNC(=O)C2CCCCCN2)CCOC1. The van der Waals surface area contributed by atoms with E-state index in [4.69, 9.17) is 9.47 Å². The Kier molecular flexibility index (Phi) is 4.97. The molecule has 2 heterocycles. The van der Waals surface area contributed by atoms with Gasteiger partial charge in [-0.2, -0.15) is 0 Å². The molecule has 18 heavy (non-hydrogen) atoms. The first-order valence-corrected chi connectivity index (χ1v) is 6.90. The molecule has 0 radical (unpaired) electrons. The average molecular weight is 256 g/mol. The van der Waals surface area contributed by atoms with E-state index in [2.05, 4.69) is 10.6 Å². The maximum absolute atomic E-state index is 12.1. The average Bonchev–Trinajstić information content (AvgIpc) is 2.70. The molecule has 0 aromatic carbocycles. The number of carbonyl (C=O) groups is 1. The number of hydrogen-bond donors (Lipinski definition) is 2. The number of amides is 1. The number of nitrogens with one attached hydrogen (secondary N) is 2. The minimum absolute atomic E-state index is 0.0382. The van der Waals surface area contributed by atoms with Gasteiger partial charge in [0, 0.05) is 26.7 Å². The summed E-state index contributed by atoms with van der Waals surface area (Å²) in [4.78, 5) is 12.1. The Balaban J connectivity index is 1.79. The molecule has 0 saturated carbocycles. The van der Waals surface area contributed by atoms with Gasteiger partial charge in [0.1, 0.15) is 5.60 Å². The molecule has 0 spiro atoms. The molecule has 5 heteroatoms. The van der Waals surface area contributed by atoms with Crippen LogP contribution in [0.2, 0.25) is 0 Å². The van der Waals surface area contributed by atoms with Crippen LogP contribution in [-0.2, 0) is 14.3 Å². The van der Waals surface area contributed by atoms with Crippen molar-refractivity contribution in [1.29, 1.82) is 0 Å². The van der Waals surface area contributed by atoms with E-state index in [-0.39, 0.29) is 17.6 Å². The van der Waals surface area contributed by atoms with Crippen molar-refractivity contribution >= 4 is 5.91 Å². The van der Waals surface area contributed by atoms with Crippen LogP contribution in [0.4, 0.5) is 0 Å². The summed E-state index contributed by atoms with van der Waals surface area (Å²) in [6.07, 6.45) is 5.29. The van der Waals surface area contributed by atoms with Crippen molar-refractivity contribution in [2.45, 2.75) is 43.7 Å². The molecular weight excluding hydrogens is 232 g/mol. The van der Waals surface area contributed by atoms with Crippen LogP contribution in [0.3, 0.4) is 0 Å². The molecule has 2 aliphatic heterocycles. The van der Waals surface area contributed by atoms with E-state index >= 15 is 0 Å². The second-order valence-electron chi connectivity index (χ2n) is 5.26. The second-order valence-corrected chi connectivity index (χ2v) is 5.26. The molecule has 1 amide bonds. The molecule has 2 rings (SSSR count). The van der Waals surface area contributed by atoms with Crippen LogP contribution in [0.1, 0.15) is 32.1 Å². The molecule has 0 aromatic heterocycles. The molecule has 104 valence electrons. The summed E-state index contributed by atoms with van der Waals surface area (Å²) in [5.74, 6) is 0.0974. The number of hydrogen-bond acceptors (Lipinski definition) is 4. The van der Waals surface area contributed by atoms with Gasteiger partial charge in [-0.3, -0.25) is 4.79 Å². The number of methoxy groups -OCH3 is 1. The second kappa shape index (κ2) is 6.50. The Hall–Kier alpha value is -0.650. The van der Waals surface area contributed by atoms with Crippen molar-refractivity contribution in [1.82, 2.24) is 10.6 Å². The van der Waals surface area contributed by atoms with E-state index in [1.807, 2.05) is 0 Å². The van der Waals surface area contributed by atoms with Crippen LogP contribution in [0, 0.1) is 0 Å². The topological polar surface area (TPSA) is 59.6 Å². The summed E-state index contributed by atoms with van der Waals surface area (Å²) >= 11 is 0. The first-order valence-electron chi connectivity index (χ1n) is 6.90. The van der Waals surface area contributed by atoms with Crippen LogP contribution >= 0.6 is 0 Å². The van der Waals surface area contributed by atoms with Crippen LogP contribution < -0.4 is 10.6 Å². The summed E-state index contributed by atoms with van der Waals surface area (Å²) in [7, 11) is 1.69. The van der Waals surface area contributed by atoms with Gasteiger partial charge in [-0.05, 0) is 19.4 Å². The van der Waals surface area contributed by atoms with Gasteiger partial charge in [0.05, 0.1) is 12.6 Å². The first-order chi connectivity index (χ1) is 8.76. The van der Waals surface area contributed by atoms with Gasteiger partial charge in [-0.1, -0.05) is 12.8 Å². The fourth-order valence-corrected chi connectivity index (χ4v) is 2.58. The predicted molar refractivity (Wildman–Crippen MR) is 68.4 cm³/mol. The highest BCUT2D eigenvalue weighted by Crippen LogP contribution is 2.21. The highest BCUT2D eigenvalue weighted by Gasteiger charge is 2.35. The monoisotopic (exact) mass is 256 g/mol. The van der Waals surface area contributed by atoms with Crippen molar-refractivity contribution in [2.24, 2.45) is 0 Å². The Labute approximate surface area is 109 Å². The van der Waals surface area contributed by atoms with Gasteiger partial charge >= 0.3 is 0 Å². The van der Waals surface area contributed by atoms with Crippen molar-refractivity contribution in [3.63, 3.8) is 0 Å².